The van der Waals surface area contributed by atoms with Crippen LogP contribution in [0.25, 0.3) is 0 Å². The molecule has 0 radical (unpaired) electrons. The molecule has 2 unspecified atom stereocenters. The Balaban J connectivity index is 2.06. The summed E-state index contributed by atoms with van der Waals surface area (Å²) in [5.74, 6) is 0. The van der Waals surface area contributed by atoms with Crippen LogP contribution < -0.4 is 10.6 Å². The van der Waals surface area contributed by atoms with Crippen LogP contribution in [0.15, 0.2) is 0 Å². The van der Waals surface area contributed by atoms with Crippen LogP contribution >= 0.6 is 0 Å². The summed E-state index contributed by atoms with van der Waals surface area (Å²) in [5.41, 5.74) is 0. The van der Waals surface area contributed by atoms with Crippen molar-refractivity contribution >= 4 is 0 Å². The third kappa shape index (κ3) is 3.09. The maximum Gasteiger partial charge on any atom is 0.0705 e. The molecule has 0 bridgehead atoms. The zero-order valence-electron chi connectivity index (χ0n) is 8.01. The molecule has 0 spiro atoms. The van der Waals surface area contributed by atoms with E-state index in [1.165, 1.54) is 0 Å². The summed E-state index contributed by atoms with van der Waals surface area (Å²) in [7, 11) is 0. The molecule has 2 atom stereocenters. The van der Waals surface area contributed by atoms with E-state index in [1.54, 1.807) is 0 Å². The Hall–Kier alpha value is -0.120. The summed E-state index contributed by atoms with van der Waals surface area (Å²) in [6.45, 7) is 6.23. The first-order valence-electron chi connectivity index (χ1n) is 4.85. The monoisotopic (exact) mass is 172 g/mol. The third-order valence-corrected chi connectivity index (χ3v) is 2.32. The van der Waals surface area contributed by atoms with Gasteiger partial charge in [-0.1, -0.05) is 13.8 Å². The molecule has 0 amide bonds. The van der Waals surface area contributed by atoms with E-state index in [0.717, 1.165) is 25.9 Å². The van der Waals surface area contributed by atoms with Crippen LogP contribution in [0.4, 0.5) is 0 Å². The van der Waals surface area contributed by atoms with E-state index in [0.29, 0.717) is 12.1 Å². The van der Waals surface area contributed by atoms with Gasteiger partial charge in [-0.2, -0.15) is 0 Å². The minimum Gasteiger partial charge on any atom is -0.391 e. The molecule has 0 aromatic carbocycles. The van der Waals surface area contributed by atoms with Gasteiger partial charge in [0.1, 0.15) is 0 Å². The van der Waals surface area contributed by atoms with Crippen molar-refractivity contribution in [3.05, 3.63) is 0 Å². The molecular weight excluding hydrogens is 152 g/mol. The van der Waals surface area contributed by atoms with Gasteiger partial charge in [-0.05, 0) is 25.9 Å². The van der Waals surface area contributed by atoms with Gasteiger partial charge in [0, 0.05) is 12.1 Å². The van der Waals surface area contributed by atoms with Crippen molar-refractivity contribution < 1.29 is 5.11 Å². The number of nitrogens with one attached hydrogen (secondary N) is 2. The Morgan fingerprint density at radius 3 is 2.83 bits per heavy atom. The van der Waals surface area contributed by atoms with Crippen molar-refractivity contribution in [1.29, 1.82) is 0 Å². The van der Waals surface area contributed by atoms with Gasteiger partial charge in [-0.25, -0.2) is 0 Å². The first-order chi connectivity index (χ1) is 5.70. The zero-order valence-corrected chi connectivity index (χ0v) is 8.01. The molecule has 72 valence electrons. The van der Waals surface area contributed by atoms with Crippen molar-refractivity contribution in [1.82, 2.24) is 10.6 Å². The standard InChI is InChI=1S/C9H20N2O/c1-7(2)10-5-3-8-9(12)4-6-11-8/h7-12H,3-6H2,1-2H3. The Bertz CT molecular complexity index is 128. The number of aliphatic hydroxyl groups is 1. The summed E-state index contributed by atoms with van der Waals surface area (Å²) < 4.78 is 0. The maximum absolute atomic E-state index is 9.46. The first kappa shape index (κ1) is 9.96. The van der Waals surface area contributed by atoms with Crippen molar-refractivity contribution in [2.45, 2.75) is 44.9 Å². The molecule has 3 nitrogen and oxygen atoms in total. The van der Waals surface area contributed by atoms with Crippen LogP contribution in [0.1, 0.15) is 26.7 Å². The van der Waals surface area contributed by atoms with E-state index in [2.05, 4.69) is 24.5 Å². The second-order valence-corrected chi connectivity index (χ2v) is 3.81. The lowest BCUT2D eigenvalue weighted by Crippen LogP contribution is -2.35. The van der Waals surface area contributed by atoms with E-state index in [4.69, 9.17) is 0 Å². The molecule has 3 heteroatoms. The molecule has 1 aliphatic heterocycles. The van der Waals surface area contributed by atoms with Crippen LogP contribution in [0.3, 0.4) is 0 Å². The topological polar surface area (TPSA) is 44.3 Å². The minimum absolute atomic E-state index is 0.126. The van der Waals surface area contributed by atoms with Gasteiger partial charge in [0.25, 0.3) is 0 Å². The second kappa shape index (κ2) is 4.80. The SMILES string of the molecule is CC(C)NCCC1NCCC1O. The highest BCUT2D eigenvalue weighted by Gasteiger charge is 2.23. The fourth-order valence-corrected chi connectivity index (χ4v) is 1.58. The van der Waals surface area contributed by atoms with Crippen molar-refractivity contribution in [3.63, 3.8) is 0 Å². The van der Waals surface area contributed by atoms with Crippen molar-refractivity contribution in [3.8, 4) is 0 Å². The highest BCUT2D eigenvalue weighted by atomic mass is 16.3. The number of aliphatic hydroxyl groups excluding tert-OH is 1. The molecule has 0 aromatic rings. The summed E-state index contributed by atoms with van der Waals surface area (Å²) in [6.07, 6.45) is 1.81. The predicted molar refractivity (Wildman–Crippen MR) is 50.2 cm³/mol. The smallest absolute Gasteiger partial charge is 0.0705 e. The Morgan fingerprint density at radius 2 is 2.33 bits per heavy atom. The highest BCUT2D eigenvalue weighted by Crippen LogP contribution is 2.09. The lowest BCUT2D eigenvalue weighted by molar-refractivity contribution is 0.155. The van der Waals surface area contributed by atoms with Crippen molar-refractivity contribution in [2.75, 3.05) is 13.1 Å². The molecule has 0 saturated carbocycles. The van der Waals surface area contributed by atoms with Crippen LogP contribution in [0.5, 0.6) is 0 Å². The lowest BCUT2D eigenvalue weighted by atomic mass is 10.1. The fourth-order valence-electron chi connectivity index (χ4n) is 1.58. The summed E-state index contributed by atoms with van der Waals surface area (Å²) in [6, 6.07) is 0.861. The quantitative estimate of drug-likeness (QED) is 0.563. The highest BCUT2D eigenvalue weighted by molar-refractivity contribution is 4.83. The Kier molecular flexibility index (Phi) is 3.98. The largest absolute Gasteiger partial charge is 0.391 e. The molecule has 1 heterocycles. The molecule has 1 fully saturated rings. The maximum atomic E-state index is 9.46. The van der Waals surface area contributed by atoms with E-state index >= 15 is 0 Å². The van der Waals surface area contributed by atoms with Crippen LogP contribution in [0, 0.1) is 0 Å². The van der Waals surface area contributed by atoms with Gasteiger partial charge in [0.2, 0.25) is 0 Å². The second-order valence-electron chi connectivity index (χ2n) is 3.81. The fraction of sp³-hybridized carbons (Fsp3) is 1.00. The van der Waals surface area contributed by atoms with Gasteiger partial charge >= 0.3 is 0 Å². The zero-order chi connectivity index (χ0) is 8.97. The molecule has 12 heavy (non-hydrogen) atoms. The van der Waals surface area contributed by atoms with Crippen LogP contribution in [0.2, 0.25) is 0 Å². The summed E-state index contributed by atoms with van der Waals surface area (Å²) >= 11 is 0. The molecular formula is C9H20N2O. The summed E-state index contributed by atoms with van der Waals surface area (Å²) in [5, 5.41) is 16.1. The third-order valence-electron chi connectivity index (χ3n) is 2.32. The van der Waals surface area contributed by atoms with Gasteiger partial charge in [-0.15, -0.1) is 0 Å². The molecule has 0 aliphatic carbocycles. The molecule has 3 N–H and O–H groups in total. The van der Waals surface area contributed by atoms with E-state index in [9.17, 15) is 5.11 Å². The van der Waals surface area contributed by atoms with Crippen LogP contribution in [-0.2, 0) is 0 Å². The van der Waals surface area contributed by atoms with Gasteiger partial charge in [-0.3, -0.25) is 0 Å². The molecule has 1 rings (SSSR count). The predicted octanol–water partition coefficient (Wildman–Crippen LogP) is 0.0973. The van der Waals surface area contributed by atoms with Gasteiger partial charge in [0.15, 0.2) is 0 Å². The Labute approximate surface area is 74.5 Å². The van der Waals surface area contributed by atoms with E-state index in [-0.39, 0.29) is 6.10 Å². The number of hydrogen-bond donors (Lipinski definition) is 3. The average molecular weight is 172 g/mol. The van der Waals surface area contributed by atoms with Crippen molar-refractivity contribution in [2.24, 2.45) is 0 Å². The van der Waals surface area contributed by atoms with E-state index in [1.807, 2.05) is 0 Å². The first-order valence-corrected chi connectivity index (χ1v) is 4.85. The average Bonchev–Trinajstić information content (AvgIpc) is 2.36. The normalized spacial score (nSPS) is 30.0. The van der Waals surface area contributed by atoms with E-state index < -0.39 is 0 Å². The van der Waals surface area contributed by atoms with Crippen LogP contribution in [-0.4, -0.2) is 36.4 Å². The number of rotatable bonds is 4. The molecule has 0 aromatic heterocycles. The minimum atomic E-state index is -0.126. The molecule has 1 aliphatic rings. The van der Waals surface area contributed by atoms with Gasteiger partial charge in [0.05, 0.1) is 6.10 Å². The molecule has 1 saturated heterocycles. The number of hydrogen-bond acceptors (Lipinski definition) is 3. The lowest BCUT2D eigenvalue weighted by Gasteiger charge is -2.15. The van der Waals surface area contributed by atoms with Gasteiger partial charge < -0.3 is 15.7 Å². The Morgan fingerprint density at radius 1 is 1.58 bits per heavy atom. The summed E-state index contributed by atoms with van der Waals surface area (Å²) in [4.78, 5) is 0.